The van der Waals surface area contributed by atoms with Crippen LogP contribution < -0.4 is 11.1 Å². The lowest BCUT2D eigenvalue weighted by atomic mass is 9.95. The molecule has 0 fully saturated rings. The normalized spacial score (nSPS) is 14.6. The first-order valence-electron chi connectivity index (χ1n) is 6.51. The fourth-order valence-electron chi connectivity index (χ4n) is 1.86. The Morgan fingerprint density at radius 2 is 1.61 bits per heavy atom. The molecule has 106 valence electrons. The molecule has 0 aliphatic carbocycles. The van der Waals surface area contributed by atoms with Gasteiger partial charge in [-0.15, -0.1) is 0 Å². The summed E-state index contributed by atoms with van der Waals surface area (Å²) in [5.74, 6) is -0.971. The quantitative estimate of drug-likeness (QED) is 0.610. The van der Waals surface area contributed by atoms with Crippen molar-refractivity contribution in [2.24, 2.45) is 23.5 Å². The van der Waals surface area contributed by atoms with Crippen LogP contribution in [0.25, 0.3) is 0 Å². The predicted molar refractivity (Wildman–Crippen MR) is 71.0 cm³/mol. The first kappa shape index (κ1) is 16.9. The lowest BCUT2D eigenvalue weighted by Crippen LogP contribution is -2.46. The topological polar surface area (TPSA) is 92.4 Å². The number of aliphatic carboxylic acids is 1. The number of nitrogens with two attached hydrogens (primary N) is 1. The summed E-state index contributed by atoms with van der Waals surface area (Å²) in [6.07, 6.45) is 1.11. The highest BCUT2D eigenvalue weighted by atomic mass is 16.4. The van der Waals surface area contributed by atoms with E-state index in [9.17, 15) is 9.59 Å². The van der Waals surface area contributed by atoms with Crippen LogP contribution in [0.1, 0.15) is 40.5 Å². The molecule has 0 radical (unpaired) electrons. The van der Waals surface area contributed by atoms with Crippen molar-refractivity contribution < 1.29 is 14.7 Å². The van der Waals surface area contributed by atoms with Gasteiger partial charge in [-0.3, -0.25) is 4.79 Å². The van der Waals surface area contributed by atoms with Crippen molar-refractivity contribution in [2.75, 3.05) is 6.54 Å². The summed E-state index contributed by atoms with van der Waals surface area (Å²) in [5, 5.41) is 11.6. The molecule has 5 heteroatoms. The van der Waals surface area contributed by atoms with Gasteiger partial charge >= 0.3 is 5.97 Å². The molecule has 0 aromatic heterocycles. The van der Waals surface area contributed by atoms with Gasteiger partial charge in [0.25, 0.3) is 0 Å². The van der Waals surface area contributed by atoms with Crippen molar-refractivity contribution in [3.8, 4) is 0 Å². The van der Waals surface area contributed by atoms with Crippen LogP contribution in [-0.2, 0) is 9.59 Å². The number of rotatable bonds is 8. The fourth-order valence-corrected chi connectivity index (χ4v) is 1.86. The molecule has 0 saturated carbocycles. The van der Waals surface area contributed by atoms with Crippen LogP contribution >= 0.6 is 0 Å². The van der Waals surface area contributed by atoms with E-state index in [0.717, 1.165) is 0 Å². The van der Waals surface area contributed by atoms with Crippen molar-refractivity contribution in [1.82, 2.24) is 5.32 Å². The molecule has 0 aromatic rings. The first-order chi connectivity index (χ1) is 8.27. The van der Waals surface area contributed by atoms with Crippen LogP contribution in [0.5, 0.6) is 0 Å². The van der Waals surface area contributed by atoms with E-state index in [2.05, 4.69) is 5.32 Å². The second-order valence-electron chi connectivity index (χ2n) is 5.59. The van der Waals surface area contributed by atoms with Gasteiger partial charge < -0.3 is 16.2 Å². The highest BCUT2D eigenvalue weighted by Crippen LogP contribution is 2.12. The highest BCUT2D eigenvalue weighted by molar-refractivity contribution is 5.85. The number of amides is 1. The summed E-state index contributed by atoms with van der Waals surface area (Å²) in [4.78, 5) is 23.0. The third kappa shape index (κ3) is 6.59. The van der Waals surface area contributed by atoms with Gasteiger partial charge in [0.05, 0.1) is 5.92 Å². The predicted octanol–water partition coefficient (Wildman–Crippen LogP) is 1.22. The van der Waals surface area contributed by atoms with Crippen LogP contribution in [0.4, 0.5) is 0 Å². The van der Waals surface area contributed by atoms with Crippen molar-refractivity contribution in [3.05, 3.63) is 0 Å². The van der Waals surface area contributed by atoms with Crippen LogP contribution in [-0.4, -0.2) is 29.6 Å². The second kappa shape index (κ2) is 8.08. The molecule has 1 unspecified atom stereocenters. The van der Waals surface area contributed by atoms with Crippen LogP contribution in [0.15, 0.2) is 0 Å². The van der Waals surface area contributed by atoms with Gasteiger partial charge in [-0.05, 0) is 24.7 Å². The SMILES string of the molecule is CC(C)CC(CN)C(=O)N[C@@H](CC(C)C)C(=O)O. The summed E-state index contributed by atoms with van der Waals surface area (Å²) in [6, 6.07) is -0.821. The Labute approximate surface area is 109 Å². The molecule has 18 heavy (non-hydrogen) atoms. The molecule has 0 bridgehead atoms. The van der Waals surface area contributed by atoms with Crippen molar-refractivity contribution >= 4 is 11.9 Å². The van der Waals surface area contributed by atoms with E-state index in [1.54, 1.807) is 0 Å². The molecular formula is C13H26N2O3. The Hall–Kier alpha value is -1.10. The maximum atomic E-state index is 12.0. The first-order valence-corrected chi connectivity index (χ1v) is 6.51. The van der Waals surface area contributed by atoms with Crippen molar-refractivity contribution in [3.63, 3.8) is 0 Å². The Balaban J connectivity index is 4.51. The van der Waals surface area contributed by atoms with Crippen molar-refractivity contribution in [2.45, 2.75) is 46.6 Å². The minimum absolute atomic E-state index is 0.216. The number of carboxylic acid groups (broad SMARTS) is 1. The Morgan fingerprint density at radius 1 is 1.11 bits per heavy atom. The van der Waals surface area contributed by atoms with Gasteiger partial charge in [0.2, 0.25) is 5.91 Å². The summed E-state index contributed by atoms with van der Waals surface area (Å²) in [6.45, 7) is 8.13. The van der Waals surface area contributed by atoms with E-state index < -0.39 is 12.0 Å². The third-order valence-corrected chi connectivity index (χ3v) is 2.73. The van der Waals surface area contributed by atoms with Gasteiger partial charge in [-0.1, -0.05) is 27.7 Å². The van der Waals surface area contributed by atoms with Gasteiger partial charge in [0.1, 0.15) is 6.04 Å². The Bertz CT molecular complexity index is 277. The zero-order valence-electron chi connectivity index (χ0n) is 11.8. The number of carbonyl (C=O) groups excluding carboxylic acids is 1. The van der Waals surface area contributed by atoms with Gasteiger partial charge in [-0.25, -0.2) is 4.79 Å². The Morgan fingerprint density at radius 3 is 1.94 bits per heavy atom. The Kier molecular flexibility index (Phi) is 7.59. The van der Waals surface area contributed by atoms with E-state index in [1.165, 1.54) is 0 Å². The summed E-state index contributed by atoms with van der Waals surface area (Å²) in [7, 11) is 0. The number of carbonyl (C=O) groups is 2. The van der Waals surface area contributed by atoms with Gasteiger partial charge in [0, 0.05) is 6.54 Å². The fraction of sp³-hybridized carbons (Fsp3) is 0.846. The molecule has 2 atom stereocenters. The van der Waals surface area contributed by atoms with E-state index in [1.807, 2.05) is 27.7 Å². The van der Waals surface area contributed by atoms with Gasteiger partial charge in [0.15, 0.2) is 0 Å². The van der Waals surface area contributed by atoms with E-state index >= 15 is 0 Å². The molecule has 0 rings (SSSR count). The number of hydrogen-bond acceptors (Lipinski definition) is 3. The van der Waals surface area contributed by atoms with E-state index in [4.69, 9.17) is 10.8 Å². The van der Waals surface area contributed by atoms with Crippen molar-refractivity contribution in [1.29, 1.82) is 0 Å². The number of hydrogen-bond donors (Lipinski definition) is 3. The van der Waals surface area contributed by atoms with Crippen LogP contribution in [0.3, 0.4) is 0 Å². The zero-order chi connectivity index (χ0) is 14.3. The summed E-state index contributed by atoms with van der Waals surface area (Å²) in [5.41, 5.74) is 5.57. The average Bonchev–Trinajstić information content (AvgIpc) is 2.23. The summed E-state index contributed by atoms with van der Waals surface area (Å²) >= 11 is 0. The second-order valence-corrected chi connectivity index (χ2v) is 5.59. The molecule has 0 aromatic carbocycles. The zero-order valence-corrected chi connectivity index (χ0v) is 11.8. The molecule has 1 amide bonds. The lowest BCUT2D eigenvalue weighted by Gasteiger charge is -2.21. The minimum atomic E-state index is -0.989. The molecule has 0 saturated heterocycles. The average molecular weight is 258 g/mol. The van der Waals surface area contributed by atoms with E-state index in [-0.39, 0.29) is 24.3 Å². The molecule has 0 aliphatic heterocycles. The largest absolute Gasteiger partial charge is 0.480 e. The summed E-state index contributed by atoms with van der Waals surface area (Å²) < 4.78 is 0. The molecule has 0 spiro atoms. The maximum absolute atomic E-state index is 12.0. The monoisotopic (exact) mass is 258 g/mol. The molecule has 0 heterocycles. The highest BCUT2D eigenvalue weighted by Gasteiger charge is 2.25. The lowest BCUT2D eigenvalue weighted by molar-refractivity contribution is -0.143. The molecule has 4 N–H and O–H groups in total. The van der Waals surface area contributed by atoms with Crippen LogP contribution in [0, 0.1) is 17.8 Å². The number of carboxylic acids is 1. The van der Waals surface area contributed by atoms with E-state index in [0.29, 0.717) is 18.8 Å². The smallest absolute Gasteiger partial charge is 0.326 e. The van der Waals surface area contributed by atoms with Crippen LogP contribution in [0.2, 0.25) is 0 Å². The molecule has 5 nitrogen and oxygen atoms in total. The molecular weight excluding hydrogens is 232 g/mol. The van der Waals surface area contributed by atoms with Gasteiger partial charge in [-0.2, -0.15) is 0 Å². The maximum Gasteiger partial charge on any atom is 0.326 e. The molecule has 0 aliphatic rings. The third-order valence-electron chi connectivity index (χ3n) is 2.73. The standard InChI is InChI=1S/C13H26N2O3/c1-8(2)5-10(7-14)12(16)15-11(13(17)18)6-9(3)4/h8-11H,5-7,14H2,1-4H3,(H,15,16)(H,17,18)/t10?,11-/m0/s1. The number of nitrogens with one attached hydrogen (secondary N) is 1. The minimum Gasteiger partial charge on any atom is -0.480 e.